The van der Waals surface area contributed by atoms with Crippen LogP contribution < -0.4 is 5.32 Å². The lowest BCUT2D eigenvalue weighted by atomic mass is 9.74. The van der Waals surface area contributed by atoms with Crippen molar-refractivity contribution in [2.45, 2.75) is 57.4 Å². The van der Waals surface area contributed by atoms with E-state index in [9.17, 15) is 5.11 Å². The molecule has 102 valence electrons. The number of aliphatic hydroxyl groups excluding tert-OH is 1. The summed E-state index contributed by atoms with van der Waals surface area (Å²) in [6.07, 6.45) is 11.1. The summed E-state index contributed by atoms with van der Waals surface area (Å²) in [5.41, 5.74) is 0.230. The number of hydrogen-bond acceptors (Lipinski definition) is 2. The monoisotopic (exact) mass is 249 g/mol. The molecule has 2 nitrogen and oxygen atoms in total. The molecule has 0 aliphatic heterocycles. The summed E-state index contributed by atoms with van der Waals surface area (Å²) in [5, 5.41) is 13.6. The van der Waals surface area contributed by atoms with Gasteiger partial charge in [-0.1, -0.05) is 19.3 Å². The van der Waals surface area contributed by atoms with Gasteiger partial charge in [0.1, 0.15) is 0 Å². The van der Waals surface area contributed by atoms with Crippen LogP contribution in [0.3, 0.4) is 0 Å². The van der Waals surface area contributed by atoms with Crippen molar-refractivity contribution in [3.05, 3.63) is 0 Å². The topological polar surface area (TPSA) is 32.3 Å². The van der Waals surface area contributed by atoms with E-state index in [1.54, 1.807) is 6.42 Å². The van der Waals surface area contributed by atoms with Gasteiger partial charge in [-0.3, -0.25) is 0 Å². The van der Waals surface area contributed by atoms with Gasteiger partial charge in [0.05, 0.1) is 0 Å². The standard InChI is InChI=1S/C16H27NO/c18-10-16(6-2-1-3-7-16)9-17-15-13-11-4-5-12(8-11)14(13)15/h11-15,17-18H,1-10H2. The van der Waals surface area contributed by atoms with Crippen LogP contribution in [0.25, 0.3) is 0 Å². The number of aliphatic hydroxyl groups is 1. The van der Waals surface area contributed by atoms with E-state index < -0.39 is 0 Å². The minimum Gasteiger partial charge on any atom is -0.396 e. The number of rotatable bonds is 4. The SMILES string of the molecule is OCC1(CNC2C3C4CCC(C4)C23)CCCCC1. The maximum atomic E-state index is 9.75. The molecule has 2 heteroatoms. The Balaban J connectivity index is 1.34. The third kappa shape index (κ3) is 1.68. The second-order valence-electron chi connectivity index (χ2n) is 7.61. The highest BCUT2D eigenvalue weighted by Gasteiger charge is 2.64. The Kier molecular flexibility index (Phi) is 2.74. The summed E-state index contributed by atoms with van der Waals surface area (Å²) in [5.74, 6) is 4.19. The highest BCUT2D eigenvalue weighted by atomic mass is 16.3. The molecule has 2 bridgehead atoms. The molecule has 4 unspecified atom stereocenters. The molecule has 0 aromatic rings. The van der Waals surface area contributed by atoms with Crippen LogP contribution in [0, 0.1) is 29.1 Å². The van der Waals surface area contributed by atoms with Crippen LogP contribution in [0.15, 0.2) is 0 Å². The Bertz CT molecular complexity index is 307. The number of nitrogens with one attached hydrogen (secondary N) is 1. The molecule has 4 fully saturated rings. The van der Waals surface area contributed by atoms with Crippen LogP contribution in [0.5, 0.6) is 0 Å². The fraction of sp³-hybridized carbons (Fsp3) is 1.00. The van der Waals surface area contributed by atoms with Gasteiger partial charge in [0.15, 0.2) is 0 Å². The summed E-state index contributed by atoms with van der Waals surface area (Å²) in [7, 11) is 0. The molecule has 0 aromatic carbocycles. The Hall–Kier alpha value is -0.0800. The van der Waals surface area contributed by atoms with Gasteiger partial charge in [0.2, 0.25) is 0 Å². The highest BCUT2D eigenvalue weighted by Crippen LogP contribution is 2.65. The van der Waals surface area contributed by atoms with Crippen molar-refractivity contribution in [2.75, 3.05) is 13.2 Å². The molecule has 18 heavy (non-hydrogen) atoms. The normalized spacial score (nSPS) is 48.2. The van der Waals surface area contributed by atoms with Crippen molar-refractivity contribution in [2.24, 2.45) is 29.1 Å². The van der Waals surface area contributed by atoms with Gasteiger partial charge in [-0.05, 0) is 55.8 Å². The van der Waals surface area contributed by atoms with Crippen LogP contribution >= 0.6 is 0 Å². The van der Waals surface area contributed by atoms with Gasteiger partial charge >= 0.3 is 0 Å². The van der Waals surface area contributed by atoms with Gasteiger partial charge in [-0.15, -0.1) is 0 Å². The maximum Gasteiger partial charge on any atom is 0.0499 e. The quantitative estimate of drug-likeness (QED) is 0.802. The Morgan fingerprint density at radius 3 is 2.28 bits per heavy atom. The molecule has 4 aliphatic rings. The van der Waals surface area contributed by atoms with E-state index in [4.69, 9.17) is 0 Å². The molecule has 2 N–H and O–H groups in total. The first-order valence-corrected chi connectivity index (χ1v) is 8.17. The van der Waals surface area contributed by atoms with Crippen LogP contribution in [-0.4, -0.2) is 24.3 Å². The van der Waals surface area contributed by atoms with Gasteiger partial charge in [-0.25, -0.2) is 0 Å². The Morgan fingerprint density at radius 2 is 1.67 bits per heavy atom. The average molecular weight is 249 g/mol. The molecule has 0 spiro atoms. The van der Waals surface area contributed by atoms with Gasteiger partial charge < -0.3 is 10.4 Å². The summed E-state index contributed by atoms with van der Waals surface area (Å²) < 4.78 is 0. The Morgan fingerprint density at radius 1 is 1.00 bits per heavy atom. The first-order chi connectivity index (χ1) is 8.83. The molecule has 4 aliphatic carbocycles. The minimum absolute atomic E-state index is 0.230. The molecular weight excluding hydrogens is 222 g/mol. The van der Waals surface area contributed by atoms with Crippen molar-refractivity contribution in [1.82, 2.24) is 5.32 Å². The lowest BCUT2D eigenvalue weighted by Crippen LogP contribution is -2.41. The zero-order chi connectivity index (χ0) is 12.2. The Labute approximate surface area is 111 Å². The summed E-state index contributed by atoms with van der Waals surface area (Å²) in [6.45, 7) is 1.48. The molecule has 0 saturated heterocycles. The summed E-state index contributed by atoms with van der Waals surface area (Å²) in [6, 6.07) is 0.835. The smallest absolute Gasteiger partial charge is 0.0499 e. The summed E-state index contributed by atoms with van der Waals surface area (Å²) >= 11 is 0. The van der Waals surface area contributed by atoms with E-state index in [1.165, 1.54) is 44.9 Å². The zero-order valence-corrected chi connectivity index (χ0v) is 11.4. The fourth-order valence-electron chi connectivity index (χ4n) is 5.63. The summed E-state index contributed by atoms with van der Waals surface area (Å²) in [4.78, 5) is 0. The largest absolute Gasteiger partial charge is 0.396 e. The van der Waals surface area contributed by atoms with Crippen LogP contribution in [0.2, 0.25) is 0 Å². The van der Waals surface area contributed by atoms with E-state index in [1.807, 2.05) is 0 Å². The number of hydrogen-bond donors (Lipinski definition) is 2. The molecular formula is C16H27NO. The third-order valence-electron chi connectivity index (χ3n) is 6.70. The predicted molar refractivity (Wildman–Crippen MR) is 72.2 cm³/mol. The second-order valence-corrected chi connectivity index (χ2v) is 7.61. The van der Waals surface area contributed by atoms with Crippen molar-refractivity contribution in [3.63, 3.8) is 0 Å². The highest BCUT2D eigenvalue weighted by molar-refractivity contribution is 5.17. The van der Waals surface area contributed by atoms with Gasteiger partial charge in [-0.2, -0.15) is 0 Å². The number of fused-ring (bicyclic) bond motifs is 5. The van der Waals surface area contributed by atoms with Crippen molar-refractivity contribution >= 4 is 0 Å². The molecule has 0 aromatic heterocycles. The van der Waals surface area contributed by atoms with E-state index in [0.717, 1.165) is 36.3 Å². The zero-order valence-electron chi connectivity index (χ0n) is 11.4. The maximum absolute atomic E-state index is 9.75. The molecule has 4 rings (SSSR count). The van der Waals surface area contributed by atoms with E-state index in [0.29, 0.717) is 6.61 Å². The molecule has 0 amide bonds. The molecule has 4 saturated carbocycles. The second kappa shape index (κ2) is 4.21. The van der Waals surface area contributed by atoms with Gasteiger partial charge in [0, 0.05) is 24.6 Å². The molecule has 4 atom stereocenters. The third-order valence-corrected chi connectivity index (χ3v) is 6.70. The molecule has 0 radical (unpaired) electrons. The van der Waals surface area contributed by atoms with Crippen LogP contribution in [0.1, 0.15) is 51.4 Å². The first-order valence-electron chi connectivity index (χ1n) is 8.17. The van der Waals surface area contributed by atoms with Crippen LogP contribution in [-0.2, 0) is 0 Å². The first kappa shape index (κ1) is 11.7. The van der Waals surface area contributed by atoms with Crippen molar-refractivity contribution in [1.29, 1.82) is 0 Å². The predicted octanol–water partition coefficient (Wildman–Crippen LogP) is 2.56. The van der Waals surface area contributed by atoms with Crippen molar-refractivity contribution in [3.8, 4) is 0 Å². The average Bonchev–Trinajstić information content (AvgIpc) is 2.81. The minimum atomic E-state index is 0.230. The molecule has 0 heterocycles. The lowest BCUT2D eigenvalue weighted by Gasteiger charge is -2.36. The van der Waals surface area contributed by atoms with Crippen molar-refractivity contribution < 1.29 is 5.11 Å². The lowest BCUT2D eigenvalue weighted by molar-refractivity contribution is 0.0797. The van der Waals surface area contributed by atoms with E-state index in [2.05, 4.69) is 5.32 Å². The van der Waals surface area contributed by atoms with Gasteiger partial charge in [0.25, 0.3) is 0 Å². The van der Waals surface area contributed by atoms with Crippen LogP contribution in [0.4, 0.5) is 0 Å². The van der Waals surface area contributed by atoms with E-state index in [-0.39, 0.29) is 5.41 Å². The van der Waals surface area contributed by atoms with E-state index >= 15 is 0 Å². The fourth-order valence-corrected chi connectivity index (χ4v) is 5.63.